The van der Waals surface area contributed by atoms with Gasteiger partial charge in [-0.25, -0.2) is 4.63 Å². The number of nitrogens with zero attached hydrogens (tertiary/aromatic N) is 6. The van der Waals surface area contributed by atoms with Crippen LogP contribution in [0.4, 0.5) is 0 Å². The van der Waals surface area contributed by atoms with E-state index < -0.39 is 0 Å². The van der Waals surface area contributed by atoms with Gasteiger partial charge in [0.15, 0.2) is 0 Å². The molecule has 0 saturated carbocycles. The van der Waals surface area contributed by atoms with Crippen LogP contribution < -0.4 is 4.74 Å². The molecule has 0 radical (unpaired) electrons. The van der Waals surface area contributed by atoms with Crippen LogP contribution in [0, 0.1) is 22.7 Å². The number of aromatic nitrogens is 2. The lowest BCUT2D eigenvalue weighted by molar-refractivity contribution is 0.0407. The summed E-state index contributed by atoms with van der Waals surface area (Å²) in [6.45, 7) is 2.51. The largest absolute Gasteiger partial charge is 0.491 e. The van der Waals surface area contributed by atoms with Crippen LogP contribution in [0.1, 0.15) is 34.3 Å². The fraction of sp³-hybridized carbons (Fsp3) is 0.348. The van der Waals surface area contributed by atoms with Crippen molar-refractivity contribution in [2.45, 2.75) is 24.9 Å². The third-order valence-corrected chi connectivity index (χ3v) is 6.26. The normalized spacial score (nSPS) is 20.1. The highest BCUT2D eigenvalue weighted by Gasteiger charge is 2.41. The standard InChI is InChI=1S/C23H20N6O3/c24-11-15-1-6-22(17(9-15)12-25)31-8-7-29-18-3-4-19(29)14-28(13-18)23(30)16-2-5-20-21(10-16)27-32-26-20/h1-2,5-6,9-10,18-19H,3-4,7-8,13-14H2. The number of carbonyl (C=O) groups is 1. The summed E-state index contributed by atoms with van der Waals surface area (Å²) < 4.78 is 10.6. The number of nitriles is 2. The van der Waals surface area contributed by atoms with Gasteiger partial charge in [-0.05, 0) is 59.6 Å². The summed E-state index contributed by atoms with van der Waals surface area (Å²) in [6.07, 6.45) is 2.09. The molecule has 1 amide bonds. The highest BCUT2D eigenvalue weighted by atomic mass is 16.6. The van der Waals surface area contributed by atoms with E-state index in [1.807, 2.05) is 11.0 Å². The van der Waals surface area contributed by atoms with E-state index in [4.69, 9.17) is 14.6 Å². The highest BCUT2D eigenvalue weighted by Crippen LogP contribution is 2.31. The van der Waals surface area contributed by atoms with Crippen LogP contribution in [0.25, 0.3) is 11.0 Å². The Kier molecular flexibility index (Phi) is 5.18. The van der Waals surface area contributed by atoms with E-state index in [2.05, 4.69) is 21.3 Å². The lowest BCUT2D eigenvalue weighted by Crippen LogP contribution is -2.56. The van der Waals surface area contributed by atoms with Crippen molar-refractivity contribution in [2.24, 2.45) is 0 Å². The first-order valence-electron chi connectivity index (χ1n) is 10.5. The van der Waals surface area contributed by atoms with Crippen molar-refractivity contribution in [2.75, 3.05) is 26.2 Å². The first-order valence-corrected chi connectivity index (χ1v) is 10.5. The molecule has 2 saturated heterocycles. The molecule has 0 spiro atoms. The minimum Gasteiger partial charge on any atom is -0.491 e. The van der Waals surface area contributed by atoms with Crippen LogP contribution >= 0.6 is 0 Å². The zero-order valence-electron chi connectivity index (χ0n) is 17.3. The second-order valence-electron chi connectivity index (χ2n) is 8.08. The van der Waals surface area contributed by atoms with Gasteiger partial charge in [0.1, 0.15) is 29.5 Å². The van der Waals surface area contributed by atoms with Gasteiger partial charge in [-0.3, -0.25) is 9.69 Å². The van der Waals surface area contributed by atoms with Gasteiger partial charge in [-0.2, -0.15) is 10.5 Å². The van der Waals surface area contributed by atoms with Gasteiger partial charge in [0, 0.05) is 37.3 Å². The average molecular weight is 428 g/mol. The number of likely N-dealkylation sites (tertiary alicyclic amines) is 1. The van der Waals surface area contributed by atoms with Crippen molar-refractivity contribution in [1.29, 1.82) is 10.5 Å². The van der Waals surface area contributed by atoms with Crippen LogP contribution in [0.2, 0.25) is 0 Å². The van der Waals surface area contributed by atoms with Gasteiger partial charge in [0.2, 0.25) is 0 Å². The molecule has 9 heteroatoms. The van der Waals surface area contributed by atoms with Crippen molar-refractivity contribution >= 4 is 16.9 Å². The van der Waals surface area contributed by atoms with E-state index >= 15 is 0 Å². The van der Waals surface area contributed by atoms with E-state index in [1.165, 1.54) is 6.07 Å². The minimum atomic E-state index is -0.000977. The van der Waals surface area contributed by atoms with Crippen molar-refractivity contribution in [3.63, 3.8) is 0 Å². The quantitative estimate of drug-likeness (QED) is 0.607. The second-order valence-corrected chi connectivity index (χ2v) is 8.08. The topological polar surface area (TPSA) is 119 Å². The molecule has 2 atom stereocenters. The maximum absolute atomic E-state index is 13.1. The molecule has 2 fully saturated rings. The zero-order chi connectivity index (χ0) is 22.1. The van der Waals surface area contributed by atoms with Gasteiger partial charge >= 0.3 is 0 Å². The number of hydrogen-bond acceptors (Lipinski definition) is 8. The maximum Gasteiger partial charge on any atom is 0.254 e. The summed E-state index contributed by atoms with van der Waals surface area (Å²) in [5, 5.41) is 25.9. The van der Waals surface area contributed by atoms with Crippen molar-refractivity contribution < 1.29 is 14.2 Å². The molecule has 0 N–H and O–H groups in total. The minimum absolute atomic E-state index is 0.000977. The molecule has 2 unspecified atom stereocenters. The molecule has 1 aromatic heterocycles. The molecule has 2 aromatic carbocycles. The van der Waals surface area contributed by atoms with Gasteiger partial charge in [0.25, 0.3) is 5.91 Å². The van der Waals surface area contributed by atoms with E-state index in [0.29, 0.717) is 53.2 Å². The van der Waals surface area contributed by atoms with E-state index in [1.54, 1.807) is 30.3 Å². The molecule has 9 nitrogen and oxygen atoms in total. The van der Waals surface area contributed by atoms with Gasteiger partial charge in [-0.1, -0.05) is 0 Å². The van der Waals surface area contributed by atoms with Crippen molar-refractivity contribution in [1.82, 2.24) is 20.1 Å². The van der Waals surface area contributed by atoms with E-state index in [9.17, 15) is 10.1 Å². The van der Waals surface area contributed by atoms with Crippen LogP contribution in [0.15, 0.2) is 41.0 Å². The number of fused-ring (bicyclic) bond motifs is 3. The summed E-state index contributed by atoms with van der Waals surface area (Å²) in [6, 6.07) is 14.8. The molecule has 5 rings (SSSR count). The summed E-state index contributed by atoms with van der Waals surface area (Å²) in [5.41, 5.74) is 2.60. The molecular weight excluding hydrogens is 408 g/mol. The summed E-state index contributed by atoms with van der Waals surface area (Å²) in [7, 11) is 0. The van der Waals surface area contributed by atoms with Crippen LogP contribution in [0.5, 0.6) is 5.75 Å². The lowest BCUT2D eigenvalue weighted by atomic mass is 10.1. The monoisotopic (exact) mass is 428 g/mol. The Balaban J connectivity index is 1.21. The zero-order valence-corrected chi connectivity index (χ0v) is 17.3. The van der Waals surface area contributed by atoms with E-state index in [0.717, 1.165) is 19.4 Å². The van der Waals surface area contributed by atoms with Crippen molar-refractivity contribution in [3.05, 3.63) is 53.1 Å². The number of carbonyl (C=O) groups excluding carboxylic acids is 1. The van der Waals surface area contributed by atoms with Crippen LogP contribution in [-0.2, 0) is 0 Å². The Hall–Kier alpha value is -3.95. The molecule has 2 bridgehead atoms. The van der Waals surface area contributed by atoms with Crippen molar-refractivity contribution in [3.8, 4) is 17.9 Å². The Labute approximate surface area is 184 Å². The van der Waals surface area contributed by atoms with Crippen LogP contribution in [-0.4, -0.2) is 64.3 Å². The van der Waals surface area contributed by atoms with Crippen LogP contribution in [0.3, 0.4) is 0 Å². The Morgan fingerprint density at radius 3 is 2.59 bits per heavy atom. The number of piperazine rings is 1. The van der Waals surface area contributed by atoms with Gasteiger partial charge in [-0.15, -0.1) is 0 Å². The van der Waals surface area contributed by atoms with E-state index in [-0.39, 0.29) is 18.0 Å². The lowest BCUT2D eigenvalue weighted by Gasteiger charge is -2.41. The van der Waals surface area contributed by atoms with Gasteiger partial charge < -0.3 is 9.64 Å². The maximum atomic E-state index is 13.1. The summed E-state index contributed by atoms with van der Waals surface area (Å²) in [4.78, 5) is 17.4. The molecule has 2 aliphatic rings. The second kappa shape index (κ2) is 8.29. The molecule has 160 valence electrons. The summed E-state index contributed by atoms with van der Waals surface area (Å²) in [5.74, 6) is 0.490. The predicted octanol–water partition coefficient (Wildman–Crippen LogP) is 2.33. The average Bonchev–Trinajstić information content (AvgIpc) is 3.38. The third kappa shape index (κ3) is 3.64. The fourth-order valence-electron chi connectivity index (χ4n) is 4.69. The molecule has 0 aliphatic carbocycles. The first-order chi connectivity index (χ1) is 15.7. The molecule has 3 heterocycles. The highest BCUT2D eigenvalue weighted by molar-refractivity contribution is 5.97. The number of ether oxygens (including phenoxy) is 1. The molecule has 3 aromatic rings. The SMILES string of the molecule is N#Cc1ccc(OCCN2C3CCC2CN(C(=O)c2ccc4nonc4c2)C3)c(C#N)c1. The number of amides is 1. The predicted molar refractivity (Wildman–Crippen MR) is 113 cm³/mol. The molecular formula is C23H20N6O3. The first kappa shape index (κ1) is 20.0. The summed E-state index contributed by atoms with van der Waals surface area (Å²) >= 11 is 0. The molecule has 32 heavy (non-hydrogen) atoms. The molecule has 2 aliphatic heterocycles. The fourth-order valence-corrected chi connectivity index (χ4v) is 4.69. The number of hydrogen-bond donors (Lipinski definition) is 0. The Morgan fingerprint density at radius 1 is 1.06 bits per heavy atom. The number of benzene rings is 2. The number of rotatable bonds is 5. The Bertz CT molecular complexity index is 1240. The van der Waals surface area contributed by atoms with Gasteiger partial charge in [0.05, 0.1) is 17.2 Å². The Morgan fingerprint density at radius 2 is 1.84 bits per heavy atom. The smallest absolute Gasteiger partial charge is 0.254 e. The third-order valence-electron chi connectivity index (χ3n) is 6.26.